The Bertz CT molecular complexity index is 341. The first kappa shape index (κ1) is 11.5. The highest BCUT2D eigenvalue weighted by atomic mass is 16.1. The third-order valence-electron chi connectivity index (χ3n) is 2.19. The Morgan fingerprint density at radius 2 is 1.87 bits per heavy atom. The molecular weight excluding hydrogens is 186 g/mol. The zero-order valence-corrected chi connectivity index (χ0v) is 9.47. The Kier molecular flexibility index (Phi) is 4.10. The summed E-state index contributed by atoms with van der Waals surface area (Å²) in [5, 5.41) is 0. The van der Waals surface area contributed by atoms with E-state index in [1.807, 2.05) is 56.1 Å². The average Bonchev–Trinajstić information content (AvgIpc) is 2.26. The summed E-state index contributed by atoms with van der Waals surface area (Å²) < 4.78 is 0. The third-order valence-corrected chi connectivity index (χ3v) is 2.19. The van der Waals surface area contributed by atoms with Gasteiger partial charge in [0, 0.05) is 24.9 Å². The molecule has 0 aliphatic rings. The quantitative estimate of drug-likeness (QED) is 0.701. The molecular formula is C13H17NO. The molecule has 15 heavy (non-hydrogen) atoms. The predicted molar refractivity (Wildman–Crippen MR) is 63.8 cm³/mol. The maximum Gasteiger partial charge on any atom is 0.159 e. The highest BCUT2D eigenvalue weighted by molar-refractivity contribution is 5.91. The topological polar surface area (TPSA) is 20.3 Å². The van der Waals surface area contributed by atoms with Crippen LogP contribution in [0.5, 0.6) is 0 Å². The fraction of sp³-hybridized carbons (Fsp3) is 0.308. The molecule has 2 nitrogen and oxygen atoms in total. The van der Waals surface area contributed by atoms with Gasteiger partial charge in [-0.2, -0.15) is 0 Å². The van der Waals surface area contributed by atoms with Gasteiger partial charge in [-0.3, -0.25) is 4.79 Å². The molecule has 0 saturated carbocycles. The van der Waals surface area contributed by atoms with Crippen molar-refractivity contribution in [3.05, 3.63) is 42.6 Å². The van der Waals surface area contributed by atoms with Gasteiger partial charge in [-0.15, -0.1) is 0 Å². The molecule has 0 unspecified atom stereocenters. The van der Waals surface area contributed by atoms with Gasteiger partial charge in [0.1, 0.15) is 0 Å². The Hall–Kier alpha value is -1.57. The van der Waals surface area contributed by atoms with Crippen molar-refractivity contribution in [2.24, 2.45) is 5.92 Å². The van der Waals surface area contributed by atoms with Crippen molar-refractivity contribution >= 4 is 11.5 Å². The number of carbonyl (C=O) groups excluding carboxylic acids is 1. The molecule has 1 rings (SSSR count). The molecule has 0 radical (unpaired) electrons. The summed E-state index contributed by atoms with van der Waals surface area (Å²) in [4.78, 5) is 13.3. The smallest absolute Gasteiger partial charge is 0.159 e. The van der Waals surface area contributed by atoms with Crippen molar-refractivity contribution in [3.8, 4) is 0 Å². The standard InChI is InChI=1S/C13H17NO/c1-11(2)13(15)9-10-14(3)12-7-5-4-6-8-12/h4-11H,1-3H3/b10-9+. The molecule has 0 heterocycles. The Morgan fingerprint density at radius 3 is 2.40 bits per heavy atom. The molecule has 0 bridgehead atoms. The lowest BCUT2D eigenvalue weighted by Gasteiger charge is -2.13. The predicted octanol–water partition coefficient (Wildman–Crippen LogP) is 2.86. The number of ketones is 1. The van der Waals surface area contributed by atoms with E-state index in [-0.39, 0.29) is 11.7 Å². The van der Waals surface area contributed by atoms with E-state index >= 15 is 0 Å². The molecule has 0 N–H and O–H groups in total. The number of para-hydroxylation sites is 1. The summed E-state index contributed by atoms with van der Waals surface area (Å²) in [5.41, 5.74) is 1.07. The zero-order chi connectivity index (χ0) is 11.3. The van der Waals surface area contributed by atoms with E-state index in [4.69, 9.17) is 0 Å². The van der Waals surface area contributed by atoms with Gasteiger partial charge >= 0.3 is 0 Å². The summed E-state index contributed by atoms with van der Waals surface area (Å²) in [5.74, 6) is 0.211. The average molecular weight is 203 g/mol. The third kappa shape index (κ3) is 3.58. The van der Waals surface area contributed by atoms with Crippen molar-refractivity contribution in [3.63, 3.8) is 0 Å². The second-order valence-electron chi connectivity index (χ2n) is 3.82. The highest BCUT2D eigenvalue weighted by Gasteiger charge is 2.02. The van der Waals surface area contributed by atoms with Gasteiger partial charge in [-0.05, 0) is 18.2 Å². The molecule has 0 aromatic heterocycles. The normalized spacial score (nSPS) is 10.9. The van der Waals surface area contributed by atoms with Gasteiger partial charge in [0.25, 0.3) is 0 Å². The summed E-state index contributed by atoms with van der Waals surface area (Å²) in [6.07, 6.45) is 3.43. The molecule has 0 spiro atoms. The zero-order valence-electron chi connectivity index (χ0n) is 9.47. The van der Waals surface area contributed by atoms with Crippen LogP contribution >= 0.6 is 0 Å². The Balaban J connectivity index is 2.64. The first-order chi connectivity index (χ1) is 7.11. The number of hydrogen-bond donors (Lipinski definition) is 0. The second-order valence-corrected chi connectivity index (χ2v) is 3.82. The van der Waals surface area contributed by atoms with Crippen LogP contribution in [0, 0.1) is 5.92 Å². The summed E-state index contributed by atoms with van der Waals surface area (Å²) in [7, 11) is 1.93. The van der Waals surface area contributed by atoms with Crippen molar-refractivity contribution < 1.29 is 4.79 Å². The molecule has 1 aromatic rings. The van der Waals surface area contributed by atoms with Crippen LogP contribution in [0.25, 0.3) is 0 Å². The van der Waals surface area contributed by atoms with E-state index in [1.54, 1.807) is 12.3 Å². The number of hydrogen-bond acceptors (Lipinski definition) is 2. The number of rotatable bonds is 4. The van der Waals surface area contributed by atoms with Crippen LogP contribution in [-0.2, 0) is 4.79 Å². The lowest BCUT2D eigenvalue weighted by molar-refractivity contribution is -0.117. The van der Waals surface area contributed by atoms with Crippen LogP contribution in [0.4, 0.5) is 5.69 Å². The van der Waals surface area contributed by atoms with Gasteiger partial charge in [0.2, 0.25) is 0 Å². The SMILES string of the molecule is CC(C)C(=O)/C=C/N(C)c1ccccc1. The van der Waals surface area contributed by atoms with Crippen LogP contribution < -0.4 is 4.90 Å². The van der Waals surface area contributed by atoms with Gasteiger partial charge in [0.05, 0.1) is 0 Å². The maximum atomic E-state index is 11.4. The number of anilines is 1. The molecule has 2 heteroatoms. The first-order valence-corrected chi connectivity index (χ1v) is 5.11. The maximum absolute atomic E-state index is 11.4. The lowest BCUT2D eigenvalue weighted by atomic mass is 10.1. The molecule has 0 aliphatic carbocycles. The summed E-state index contributed by atoms with van der Waals surface area (Å²) >= 11 is 0. The molecule has 0 aliphatic heterocycles. The summed E-state index contributed by atoms with van der Waals surface area (Å²) in [6.45, 7) is 3.80. The highest BCUT2D eigenvalue weighted by Crippen LogP contribution is 2.11. The Labute approximate surface area is 91.2 Å². The van der Waals surface area contributed by atoms with E-state index in [2.05, 4.69) is 0 Å². The van der Waals surface area contributed by atoms with Crippen LogP contribution in [0.15, 0.2) is 42.6 Å². The fourth-order valence-corrected chi connectivity index (χ4v) is 1.13. The van der Waals surface area contributed by atoms with Crippen molar-refractivity contribution in [2.75, 3.05) is 11.9 Å². The van der Waals surface area contributed by atoms with Crippen molar-refractivity contribution in [1.82, 2.24) is 0 Å². The largest absolute Gasteiger partial charge is 0.351 e. The van der Waals surface area contributed by atoms with Crippen LogP contribution in [-0.4, -0.2) is 12.8 Å². The molecule has 0 fully saturated rings. The monoisotopic (exact) mass is 203 g/mol. The molecule has 1 aromatic carbocycles. The van der Waals surface area contributed by atoms with Gasteiger partial charge < -0.3 is 4.90 Å². The van der Waals surface area contributed by atoms with E-state index < -0.39 is 0 Å². The minimum atomic E-state index is 0.0606. The van der Waals surface area contributed by atoms with E-state index in [9.17, 15) is 4.79 Å². The van der Waals surface area contributed by atoms with Crippen molar-refractivity contribution in [2.45, 2.75) is 13.8 Å². The van der Waals surface area contributed by atoms with Gasteiger partial charge in [0.15, 0.2) is 5.78 Å². The first-order valence-electron chi connectivity index (χ1n) is 5.11. The second kappa shape index (κ2) is 5.35. The van der Waals surface area contributed by atoms with Gasteiger partial charge in [-0.25, -0.2) is 0 Å². The summed E-state index contributed by atoms with van der Waals surface area (Å²) in [6, 6.07) is 9.93. The number of nitrogens with zero attached hydrogens (tertiary/aromatic N) is 1. The molecule has 80 valence electrons. The van der Waals surface area contributed by atoms with E-state index in [0.717, 1.165) is 5.69 Å². The fourth-order valence-electron chi connectivity index (χ4n) is 1.13. The number of benzene rings is 1. The lowest BCUT2D eigenvalue weighted by Crippen LogP contribution is -2.10. The minimum Gasteiger partial charge on any atom is -0.351 e. The number of allylic oxidation sites excluding steroid dienone is 1. The molecule has 0 saturated heterocycles. The number of carbonyl (C=O) groups is 1. The van der Waals surface area contributed by atoms with E-state index in [1.165, 1.54) is 0 Å². The van der Waals surface area contributed by atoms with E-state index in [0.29, 0.717) is 0 Å². The van der Waals surface area contributed by atoms with Gasteiger partial charge in [-0.1, -0.05) is 32.0 Å². The van der Waals surface area contributed by atoms with Crippen molar-refractivity contribution in [1.29, 1.82) is 0 Å². The van der Waals surface area contributed by atoms with Crippen LogP contribution in [0.2, 0.25) is 0 Å². The van der Waals surface area contributed by atoms with Crippen LogP contribution in [0.3, 0.4) is 0 Å². The minimum absolute atomic E-state index is 0.0606. The molecule has 0 amide bonds. The Morgan fingerprint density at radius 1 is 1.27 bits per heavy atom. The molecule has 0 atom stereocenters. The van der Waals surface area contributed by atoms with Crippen LogP contribution in [0.1, 0.15) is 13.8 Å².